The highest BCUT2D eigenvalue weighted by Crippen LogP contribution is 2.29. The first-order valence-corrected chi connectivity index (χ1v) is 18.7. The minimum absolute atomic E-state index is 0.0102. The van der Waals surface area contributed by atoms with E-state index in [0.29, 0.717) is 43.4 Å². The Bertz CT molecular complexity index is 1990. The second kappa shape index (κ2) is 15.4. The van der Waals surface area contributed by atoms with Crippen LogP contribution in [0, 0.1) is 5.92 Å². The molecule has 15 heteroatoms. The molecule has 3 heterocycles. The van der Waals surface area contributed by atoms with Gasteiger partial charge in [-0.25, -0.2) is 13.4 Å². The van der Waals surface area contributed by atoms with Gasteiger partial charge < -0.3 is 25.6 Å². The van der Waals surface area contributed by atoms with Crippen LogP contribution in [0.2, 0.25) is 0 Å². The van der Waals surface area contributed by atoms with Crippen molar-refractivity contribution in [1.29, 1.82) is 0 Å². The van der Waals surface area contributed by atoms with Gasteiger partial charge in [-0.15, -0.1) is 11.3 Å². The van der Waals surface area contributed by atoms with Crippen LogP contribution in [0.5, 0.6) is 0 Å². The third kappa shape index (κ3) is 10.1. The Morgan fingerprint density at radius 1 is 0.980 bits per heavy atom. The lowest BCUT2D eigenvalue weighted by Crippen LogP contribution is -2.53. The summed E-state index contributed by atoms with van der Waals surface area (Å²) < 4.78 is 29.5. The van der Waals surface area contributed by atoms with Gasteiger partial charge in [0.1, 0.15) is 5.60 Å². The lowest BCUT2D eigenvalue weighted by atomic mass is 9.98. The van der Waals surface area contributed by atoms with Crippen molar-refractivity contribution in [2.24, 2.45) is 5.92 Å². The van der Waals surface area contributed by atoms with E-state index in [2.05, 4.69) is 25.8 Å². The van der Waals surface area contributed by atoms with Crippen molar-refractivity contribution in [3.63, 3.8) is 0 Å². The molecule has 13 nitrogen and oxygen atoms in total. The maximum Gasteiger partial charge on any atom is 0.307 e. The number of hydrogen-bond donors (Lipinski definition) is 3. The topological polar surface area (TPSA) is 169 Å². The van der Waals surface area contributed by atoms with Gasteiger partial charge in [0.05, 0.1) is 36.4 Å². The monoisotopic (exact) mass is 720 g/mol. The van der Waals surface area contributed by atoms with E-state index in [1.165, 1.54) is 29.8 Å². The number of rotatable bonds is 13. The summed E-state index contributed by atoms with van der Waals surface area (Å²) in [5.41, 5.74) is 4.02. The Kier molecular flexibility index (Phi) is 11.2. The summed E-state index contributed by atoms with van der Waals surface area (Å²) >= 11 is 1.25. The lowest BCUT2D eigenvalue weighted by Gasteiger charge is -2.38. The van der Waals surface area contributed by atoms with Crippen molar-refractivity contribution in [2.45, 2.75) is 39.3 Å². The first kappa shape index (κ1) is 36.4. The summed E-state index contributed by atoms with van der Waals surface area (Å²) in [6.07, 6.45) is 3.76. The van der Waals surface area contributed by atoms with Gasteiger partial charge in [-0.1, -0.05) is 36.4 Å². The minimum atomic E-state index is -3.52. The molecule has 0 aliphatic carbocycles. The van der Waals surface area contributed by atoms with Crippen LogP contribution in [-0.4, -0.2) is 84.0 Å². The number of likely N-dealkylation sites (tertiary alicyclic amines) is 1. The third-order valence-electron chi connectivity index (χ3n) is 7.74. The molecule has 3 amide bonds. The quantitative estimate of drug-likeness (QED) is 0.174. The summed E-state index contributed by atoms with van der Waals surface area (Å²) in [5.74, 6) is -1.41. The number of esters is 1. The Hall–Kier alpha value is -4.86. The zero-order valence-corrected chi connectivity index (χ0v) is 29.9. The van der Waals surface area contributed by atoms with Crippen LogP contribution in [0.3, 0.4) is 0 Å². The number of carbonyl (C=O) groups excluding carboxylic acids is 4. The van der Waals surface area contributed by atoms with Crippen molar-refractivity contribution < 1.29 is 32.3 Å². The molecule has 264 valence electrons. The van der Waals surface area contributed by atoms with Crippen LogP contribution in [-0.2, 0) is 35.7 Å². The first-order chi connectivity index (χ1) is 23.6. The zero-order chi connectivity index (χ0) is 36.1. The normalized spacial score (nSPS) is 13.7. The highest BCUT2D eigenvalue weighted by atomic mass is 32.2. The summed E-state index contributed by atoms with van der Waals surface area (Å²) in [5, 5.41) is 10.4. The molecule has 0 saturated carbocycles. The van der Waals surface area contributed by atoms with Crippen LogP contribution >= 0.6 is 11.3 Å². The minimum Gasteiger partial charge on any atom is -0.460 e. The van der Waals surface area contributed by atoms with Crippen molar-refractivity contribution >= 4 is 50.2 Å². The Balaban J connectivity index is 1.09. The molecule has 1 aliphatic heterocycles. The van der Waals surface area contributed by atoms with E-state index in [1.54, 1.807) is 0 Å². The smallest absolute Gasteiger partial charge is 0.307 e. The number of ether oxygens (including phenoxy) is 1. The molecule has 4 aromatic rings. The predicted molar refractivity (Wildman–Crippen MR) is 191 cm³/mol. The lowest BCUT2D eigenvalue weighted by molar-refractivity contribution is -0.155. The van der Waals surface area contributed by atoms with Gasteiger partial charge in [-0.05, 0) is 55.7 Å². The van der Waals surface area contributed by atoms with Crippen LogP contribution in [0.1, 0.15) is 43.1 Å². The Morgan fingerprint density at radius 2 is 1.68 bits per heavy atom. The number of thiazole rings is 1. The molecule has 0 atom stereocenters. The SMILES string of the molecule is CC(C)(C)OC(=O)CCN1CC(C(=O)NCc2cccc(-c3cccc(-c4csc(NC(=O)CNC(=O)c5ccn(S(C)(=O)=O)c5)n4)c3)c2)C1. The second-order valence-corrected chi connectivity index (χ2v) is 15.8. The summed E-state index contributed by atoms with van der Waals surface area (Å²) in [6, 6.07) is 17.1. The van der Waals surface area contributed by atoms with Crippen molar-refractivity contribution in [3.05, 3.63) is 83.5 Å². The van der Waals surface area contributed by atoms with Gasteiger partial charge in [-0.2, -0.15) is 0 Å². The van der Waals surface area contributed by atoms with E-state index < -0.39 is 27.4 Å². The number of nitrogens with one attached hydrogen (secondary N) is 3. The maximum absolute atomic E-state index is 12.8. The average Bonchev–Trinajstić information content (AvgIpc) is 3.72. The number of benzene rings is 2. The molecule has 0 bridgehead atoms. The number of anilines is 1. The van der Waals surface area contributed by atoms with Crippen LogP contribution in [0.25, 0.3) is 22.4 Å². The van der Waals surface area contributed by atoms with Crippen LogP contribution in [0.15, 0.2) is 72.4 Å². The number of amides is 3. The molecule has 1 aliphatic rings. The molecule has 0 spiro atoms. The highest BCUT2D eigenvalue weighted by molar-refractivity contribution is 7.89. The Morgan fingerprint density at radius 3 is 2.38 bits per heavy atom. The fourth-order valence-electron chi connectivity index (χ4n) is 5.22. The number of nitrogens with zero attached hydrogens (tertiary/aromatic N) is 3. The van der Waals surface area contributed by atoms with E-state index in [9.17, 15) is 27.6 Å². The Labute approximate surface area is 295 Å². The van der Waals surface area contributed by atoms with E-state index >= 15 is 0 Å². The van der Waals surface area contributed by atoms with Crippen molar-refractivity contribution in [3.8, 4) is 22.4 Å². The highest BCUT2D eigenvalue weighted by Gasteiger charge is 2.32. The van der Waals surface area contributed by atoms with Crippen LogP contribution in [0.4, 0.5) is 5.13 Å². The molecule has 0 unspecified atom stereocenters. The number of aromatic nitrogens is 2. The molecule has 0 radical (unpaired) electrons. The fourth-order valence-corrected chi connectivity index (χ4v) is 6.54. The van der Waals surface area contributed by atoms with E-state index in [-0.39, 0.29) is 29.9 Å². The zero-order valence-electron chi connectivity index (χ0n) is 28.3. The summed E-state index contributed by atoms with van der Waals surface area (Å²) in [7, 11) is -3.52. The molecule has 3 N–H and O–H groups in total. The van der Waals surface area contributed by atoms with Crippen LogP contribution < -0.4 is 16.0 Å². The maximum atomic E-state index is 12.8. The summed E-state index contributed by atoms with van der Waals surface area (Å²) in [6.45, 7) is 7.40. The molecular weight excluding hydrogens is 681 g/mol. The number of hydrogen-bond acceptors (Lipinski definition) is 10. The molecular formula is C35H40N6O7S2. The predicted octanol–water partition coefficient (Wildman–Crippen LogP) is 3.73. The van der Waals surface area contributed by atoms with Gasteiger partial charge in [-0.3, -0.25) is 23.2 Å². The third-order valence-corrected chi connectivity index (χ3v) is 9.49. The van der Waals surface area contributed by atoms with Crippen molar-refractivity contribution in [2.75, 3.05) is 37.8 Å². The standard InChI is InChI=1S/C35H40N6O7S2/c1-35(2,3)48-31(43)12-13-40-19-28(20-40)33(45)36-17-23-7-5-8-24(15-23)25-9-6-10-26(16-25)29-22-49-34(38-29)39-30(42)18-37-32(44)27-11-14-41(21-27)50(4,46)47/h5-11,14-16,21-22,28H,12-13,17-20H2,1-4H3,(H,36,45)(H,37,44)(H,38,39,42). The second-order valence-electron chi connectivity index (χ2n) is 13.1. The fraction of sp³-hybridized carbons (Fsp3) is 0.343. The molecule has 50 heavy (non-hydrogen) atoms. The molecule has 2 aromatic heterocycles. The van der Waals surface area contributed by atoms with Gasteiger partial charge >= 0.3 is 5.97 Å². The largest absolute Gasteiger partial charge is 0.460 e. The molecule has 1 saturated heterocycles. The van der Waals surface area contributed by atoms with Gasteiger partial charge in [0.2, 0.25) is 21.8 Å². The first-order valence-electron chi connectivity index (χ1n) is 16.0. The van der Waals surface area contributed by atoms with E-state index in [0.717, 1.165) is 32.5 Å². The average molecular weight is 721 g/mol. The van der Waals surface area contributed by atoms with Gasteiger partial charge in [0.15, 0.2) is 5.13 Å². The van der Waals surface area contributed by atoms with E-state index in [4.69, 9.17) is 4.74 Å². The van der Waals surface area contributed by atoms with Crippen molar-refractivity contribution in [1.82, 2.24) is 24.5 Å². The summed E-state index contributed by atoms with van der Waals surface area (Å²) in [4.78, 5) is 56.1. The molecule has 5 rings (SSSR count). The number of carbonyl (C=O) groups is 4. The molecule has 1 fully saturated rings. The molecule has 2 aromatic carbocycles. The van der Waals surface area contributed by atoms with E-state index in [1.807, 2.05) is 74.7 Å². The van der Waals surface area contributed by atoms with Gasteiger partial charge in [0.25, 0.3) is 5.91 Å². The van der Waals surface area contributed by atoms with Gasteiger partial charge in [0, 0.05) is 49.5 Å².